The Hall–Kier alpha value is -2.33. The summed E-state index contributed by atoms with van der Waals surface area (Å²) in [5, 5.41) is 11.9. The zero-order valence-electron chi connectivity index (χ0n) is 11.8. The number of carbonyl (C=O) groups excluding carboxylic acids is 2. The number of nitrogens with one attached hydrogen (secondary N) is 1. The van der Waals surface area contributed by atoms with Gasteiger partial charge in [-0.15, -0.1) is 0 Å². The summed E-state index contributed by atoms with van der Waals surface area (Å²) in [6.07, 6.45) is 0. The largest absolute Gasteiger partial charge is 0.451 e. The molecule has 1 heterocycles. The van der Waals surface area contributed by atoms with E-state index in [0.717, 1.165) is 0 Å². The van der Waals surface area contributed by atoms with E-state index in [-0.39, 0.29) is 27.1 Å². The van der Waals surface area contributed by atoms with Gasteiger partial charge >= 0.3 is 5.97 Å². The number of hydrogen-bond acceptors (Lipinski definition) is 5. The number of pyridine rings is 1. The molecule has 0 aliphatic carbocycles. The predicted molar refractivity (Wildman–Crippen MR) is 89.3 cm³/mol. The van der Waals surface area contributed by atoms with Gasteiger partial charge in [-0.05, 0) is 30.3 Å². The lowest BCUT2D eigenvalue weighted by Gasteiger charge is -2.08. The molecule has 0 radical (unpaired) electrons. The van der Waals surface area contributed by atoms with Crippen LogP contribution >= 0.6 is 34.8 Å². The zero-order chi connectivity index (χ0) is 17.7. The summed E-state index contributed by atoms with van der Waals surface area (Å²) in [6.45, 7) is -0.596. The molecule has 122 valence electrons. The maximum atomic E-state index is 11.9. The number of amides is 1. The highest BCUT2D eigenvalue weighted by atomic mass is 35.5. The quantitative estimate of drug-likeness (QED) is 0.641. The smallest absolute Gasteiger partial charge is 0.359 e. The summed E-state index contributed by atoms with van der Waals surface area (Å²) < 4.78 is 4.83. The first kappa shape index (κ1) is 18.0. The highest BCUT2D eigenvalue weighted by molar-refractivity contribution is 6.34. The Bertz CT molecular complexity index is 850. The normalized spacial score (nSPS) is 9.92. The number of ether oxygens (including phenoxy) is 1. The number of carbonyl (C=O) groups is 2. The number of halogens is 3. The monoisotopic (exact) mass is 383 g/mol. The molecule has 1 N–H and O–H groups in total. The van der Waals surface area contributed by atoms with Crippen LogP contribution in [0.15, 0.2) is 30.3 Å². The van der Waals surface area contributed by atoms with Crippen molar-refractivity contribution in [3.05, 3.63) is 56.8 Å². The van der Waals surface area contributed by atoms with Crippen molar-refractivity contribution >= 4 is 52.4 Å². The van der Waals surface area contributed by atoms with E-state index in [1.807, 2.05) is 6.07 Å². The third kappa shape index (κ3) is 4.59. The Kier molecular flexibility index (Phi) is 5.99. The van der Waals surface area contributed by atoms with Gasteiger partial charge in [-0.1, -0.05) is 34.8 Å². The first-order valence-corrected chi connectivity index (χ1v) is 7.52. The van der Waals surface area contributed by atoms with E-state index in [9.17, 15) is 9.59 Å². The molecule has 24 heavy (non-hydrogen) atoms. The third-order valence-corrected chi connectivity index (χ3v) is 3.47. The van der Waals surface area contributed by atoms with E-state index in [0.29, 0.717) is 5.02 Å². The summed E-state index contributed by atoms with van der Waals surface area (Å²) in [7, 11) is 0. The van der Waals surface area contributed by atoms with Crippen LogP contribution in [0.2, 0.25) is 15.2 Å². The second-order valence-corrected chi connectivity index (χ2v) is 5.62. The molecule has 0 bridgehead atoms. The van der Waals surface area contributed by atoms with Crippen LogP contribution in [0.25, 0.3) is 0 Å². The van der Waals surface area contributed by atoms with Crippen LogP contribution in [-0.2, 0) is 9.53 Å². The molecule has 1 amide bonds. The molecule has 1 aromatic heterocycles. The Balaban J connectivity index is 2.01. The highest BCUT2D eigenvalue weighted by Crippen LogP contribution is 2.20. The fourth-order valence-electron chi connectivity index (χ4n) is 1.66. The molecule has 0 saturated carbocycles. The molecule has 2 rings (SSSR count). The molecular weight excluding hydrogens is 377 g/mol. The fraction of sp³-hybridized carbons (Fsp3) is 0.0667. The first-order chi connectivity index (χ1) is 11.4. The van der Waals surface area contributed by atoms with Gasteiger partial charge in [0, 0.05) is 5.02 Å². The molecule has 9 heteroatoms. The lowest BCUT2D eigenvalue weighted by Crippen LogP contribution is -2.22. The van der Waals surface area contributed by atoms with Crippen molar-refractivity contribution in [2.75, 3.05) is 11.9 Å². The molecule has 0 saturated heterocycles. The molecule has 0 unspecified atom stereocenters. The van der Waals surface area contributed by atoms with Crippen LogP contribution in [0.4, 0.5) is 5.69 Å². The van der Waals surface area contributed by atoms with Crippen LogP contribution in [-0.4, -0.2) is 23.5 Å². The molecule has 0 aliphatic rings. The summed E-state index contributed by atoms with van der Waals surface area (Å²) in [4.78, 5) is 27.5. The van der Waals surface area contributed by atoms with Crippen molar-refractivity contribution < 1.29 is 14.3 Å². The Morgan fingerprint density at radius 2 is 1.96 bits per heavy atom. The lowest BCUT2D eigenvalue weighted by atomic mass is 10.2. The van der Waals surface area contributed by atoms with Crippen molar-refractivity contribution in [1.29, 1.82) is 5.26 Å². The number of nitriles is 1. The number of hydrogen-bond donors (Lipinski definition) is 1. The molecule has 2 aromatic rings. The summed E-state index contributed by atoms with van der Waals surface area (Å²) >= 11 is 17.3. The molecule has 0 fully saturated rings. The average molecular weight is 385 g/mol. The van der Waals surface area contributed by atoms with E-state index in [4.69, 9.17) is 44.8 Å². The molecule has 0 aliphatic heterocycles. The van der Waals surface area contributed by atoms with Gasteiger partial charge in [0.15, 0.2) is 12.3 Å². The Labute approximate surface area is 151 Å². The van der Waals surface area contributed by atoms with Crippen molar-refractivity contribution in [3.8, 4) is 6.07 Å². The summed E-state index contributed by atoms with van der Waals surface area (Å²) in [6, 6.07) is 9.10. The summed E-state index contributed by atoms with van der Waals surface area (Å²) in [5.74, 6) is -1.55. The van der Waals surface area contributed by atoms with Crippen LogP contribution in [0, 0.1) is 11.3 Å². The van der Waals surface area contributed by atoms with Crippen LogP contribution in [0.5, 0.6) is 0 Å². The SMILES string of the molecule is N#Cc1ccc(Cl)cc1NC(=O)COC(=O)c1nc(Cl)ccc1Cl. The summed E-state index contributed by atoms with van der Waals surface area (Å²) in [5.41, 5.74) is 0.237. The van der Waals surface area contributed by atoms with Crippen LogP contribution in [0.1, 0.15) is 16.1 Å². The van der Waals surface area contributed by atoms with Gasteiger partial charge in [0.25, 0.3) is 5.91 Å². The number of esters is 1. The van der Waals surface area contributed by atoms with Gasteiger partial charge < -0.3 is 10.1 Å². The van der Waals surface area contributed by atoms with Gasteiger partial charge in [-0.2, -0.15) is 5.26 Å². The van der Waals surface area contributed by atoms with E-state index < -0.39 is 18.5 Å². The van der Waals surface area contributed by atoms with Gasteiger partial charge in [-0.25, -0.2) is 9.78 Å². The maximum absolute atomic E-state index is 11.9. The van der Waals surface area contributed by atoms with Crippen molar-refractivity contribution in [3.63, 3.8) is 0 Å². The third-order valence-electron chi connectivity index (χ3n) is 2.72. The second kappa shape index (κ2) is 7.97. The number of anilines is 1. The van der Waals surface area contributed by atoms with E-state index in [1.54, 1.807) is 0 Å². The van der Waals surface area contributed by atoms with Crippen LogP contribution in [0.3, 0.4) is 0 Å². The number of aromatic nitrogens is 1. The molecule has 1 aromatic carbocycles. The Morgan fingerprint density at radius 1 is 1.21 bits per heavy atom. The number of nitrogens with zero attached hydrogens (tertiary/aromatic N) is 2. The molecule has 0 atom stereocenters. The lowest BCUT2D eigenvalue weighted by molar-refractivity contribution is -0.119. The molecule has 6 nitrogen and oxygen atoms in total. The standard InChI is InChI=1S/C15H8Cl3N3O3/c16-9-2-1-8(6-19)11(5-9)20-13(22)7-24-15(23)14-10(17)3-4-12(18)21-14/h1-5H,7H2,(H,20,22). The first-order valence-electron chi connectivity index (χ1n) is 6.39. The van der Waals surface area contributed by atoms with Crippen molar-refractivity contribution in [2.24, 2.45) is 0 Å². The maximum Gasteiger partial charge on any atom is 0.359 e. The van der Waals surface area contributed by atoms with Gasteiger partial charge in [-0.3, -0.25) is 4.79 Å². The van der Waals surface area contributed by atoms with E-state index in [1.165, 1.54) is 30.3 Å². The zero-order valence-corrected chi connectivity index (χ0v) is 14.1. The van der Waals surface area contributed by atoms with Gasteiger partial charge in [0.2, 0.25) is 0 Å². The fourth-order valence-corrected chi connectivity index (χ4v) is 2.17. The Morgan fingerprint density at radius 3 is 2.67 bits per heavy atom. The van der Waals surface area contributed by atoms with E-state index in [2.05, 4.69) is 10.3 Å². The topological polar surface area (TPSA) is 92.1 Å². The average Bonchev–Trinajstić information content (AvgIpc) is 2.55. The van der Waals surface area contributed by atoms with Crippen molar-refractivity contribution in [1.82, 2.24) is 4.98 Å². The molecular formula is C15H8Cl3N3O3. The second-order valence-electron chi connectivity index (χ2n) is 4.39. The number of benzene rings is 1. The van der Waals surface area contributed by atoms with Crippen molar-refractivity contribution in [2.45, 2.75) is 0 Å². The minimum atomic E-state index is -0.899. The minimum absolute atomic E-state index is 0.0476. The van der Waals surface area contributed by atoms with E-state index >= 15 is 0 Å². The minimum Gasteiger partial charge on any atom is -0.451 e. The molecule has 0 spiro atoms. The van der Waals surface area contributed by atoms with Gasteiger partial charge in [0.05, 0.1) is 16.3 Å². The van der Waals surface area contributed by atoms with Crippen LogP contribution < -0.4 is 5.32 Å². The predicted octanol–water partition coefficient (Wildman–Crippen LogP) is 3.71. The number of rotatable bonds is 4. The highest BCUT2D eigenvalue weighted by Gasteiger charge is 2.16. The van der Waals surface area contributed by atoms with Gasteiger partial charge in [0.1, 0.15) is 11.2 Å².